The summed E-state index contributed by atoms with van der Waals surface area (Å²) in [6.45, 7) is 5.95. The molecule has 1 saturated heterocycles. The van der Waals surface area contributed by atoms with Crippen molar-refractivity contribution in [3.8, 4) is 0 Å². The van der Waals surface area contributed by atoms with Gasteiger partial charge in [0, 0.05) is 37.3 Å². The highest BCUT2D eigenvalue weighted by Gasteiger charge is 2.33. The number of carbonyl (C=O) groups is 1. The molecule has 7 heteroatoms. The van der Waals surface area contributed by atoms with E-state index in [0.29, 0.717) is 18.7 Å². The molecule has 0 aromatic heterocycles. The lowest BCUT2D eigenvalue weighted by molar-refractivity contribution is -0.253. The summed E-state index contributed by atoms with van der Waals surface area (Å²) in [6.07, 6.45) is 0.624. The van der Waals surface area contributed by atoms with Crippen LogP contribution in [0.25, 0.3) is 0 Å². The van der Waals surface area contributed by atoms with Gasteiger partial charge in [0.2, 0.25) is 0 Å². The van der Waals surface area contributed by atoms with E-state index >= 15 is 0 Å². The summed E-state index contributed by atoms with van der Waals surface area (Å²) in [5, 5.41) is 12.3. The molecule has 0 bridgehead atoms. The maximum atomic E-state index is 12.2. The molecule has 0 radical (unpaired) electrons. The van der Waals surface area contributed by atoms with Crippen molar-refractivity contribution in [3.63, 3.8) is 0 Å². The molecule has 1 fully saturated rings. The minimum atomic E-state index is -0.650. The SMILES string of the molecule is C=CCOC(=O)Nc1cccc([C@H]2O[C@@H](CN(Cc3ccccc3)Cc3ccccc3)C[C@@H](c3ccc(CO)cc3)O2)c1. The van der Waals surface area contributed by atoms with Crippen molar-refractivity contribution in [2.24, 2.45) is 0 Å². The van der Waals surface area contributed by atoms with Gasteiger partial charge >= 0.3 is 6.09 Å². The van der Waals surface area contributed by atoms with Crippen molar-refractivity contribution >= 4 is 11.8 Å². The average Bonchev–Trinajstić information content (AvgIpc) is 3.05. The number of hydrogen-bond donors (Lipinski definition) is 2. The van der Waals surface area contributed by atoms with E-state index in [9.17, 15) is 9.90 Å². The molecular formula is C36H38N2O5. The number of amides is 1. The first kappa shape index (κ1) is 30.2. The van der Waals surface area contributed by atoms with Gasteiger partial charge in [-0.1, -0.05) is 110 Å². The van der Waals surface area contributed by atoms with E-state index in [4.69, 9.17) is 14.2 Å². The van der Waals surface area contributed by atoms with Crippen molar-refractivity contribution in [2.75, 3.05) is 18.5 Å². The molecule has 222 valence electrons. The lowest BCUT2D eigenvalue weighted by atomic mass is 9.99. The van der Waals surface area contributed by atoms with Crippen LogP contribution >= 0.6 is 0 Å². The Kier molecular flexibility index (Phi) is 10.7. The van der Waals surface area contributed by atoms with Crippen molar-refractivity contribution in [2.45, 2.75) is 44.6 Å². The molecule has 3 atom stereocenters. The third-order valence-corrected chi connectivity index (χ3v) is 7.31. The standard InChI is InChI=1S/C36H38N2O5/c1-2-20-41-36(40)37-32-15-9-14-31(21-32)35-42-33(22-34(43-35)30-18-16-29(26-39)17-19-30)25-38(23-27-10-5-3-6-11-27)24-28-12-7-4-8-13-28/h2-19,21,33-35,39H,1,20,22-26H2,(H,37,40)/t33-,34+,35+/m1/s1. The molecule has 0 aliphatic carbocycles. The van der Waals surface area contributed by atoms with Crippen LogP contribution in [0.3, 0.4) is 0 Å². The van der Waals surface area contributed by atoms with Crippen LogP contribution in [-0.2, 0) is 33.9 Å². The van der Waals surface area contributed by atoms with Gasteiger partial charge in [-0.25, -0.2) is 4.79 Å². The fourth-order valence-corrected chi connectivity index (χ4v) is 5.24. The molecule has 1 heterocycles. The summed E-state index contributed by atoms with van der Waals surface area (Å²) >= 11 is 0. The predicted octanol–water partition coefficient (Wildman–Crippen LogP) is 7.16. The number of aliphatic hydroxyl groups is 1. The fraction of sp³-hybridized carbons (Fsp3) is 0.250. The summed E-state index contributed by atoms with van der Waals surface area (Å²) < 4.78 is 18.3. The Morgan fingerprint density at radius 1 is 0.860 bits per heavy atom. The zero-order valence-electron chi connectivity index (χ0n) is 24.2. The number of ether oxygens (including phenoxy) is 3. The third kappa shape index (κ3) is 8.86. The van der Waals surface area contributed by atoms with Gasteiger partial charge in [0.05, 0.1) is 18.8 Å². The van der Waals surface area contributed by atoms with E-state index in [1.54, 1.807) is 6.07 Å². The Morgan fingerprint density at radius 2 is 1.53 bits per heavy atom. The number of benzene rings is 4. The first-order valence-corrected chi connectivity index (χ1v) is 14.5. The number of nitrogens with one attached hydrogen (secondary N) is 1. The summed E-state index contributed by atoms with van der Waals surface area (Å²) in [7, 11) is 0. The molecule has 0 spiro atoms. The van der Waals surface area contributed by atoms with E-state index in [-0.39, 0.29) is 25.4 Å². The van der Waals surface area contributed by atoms with Gasteiger partial charge in [0.25, 0.3) is 0 Å². The van der Waals surface area contributed by atoms with Gasteiger partial charge < -0.3 is 19.3 Å². The van der Waals surface area contributed by atoms with Crippen LogP contribution in [0.15, 0.2) is 122 Å². The molecule has 5 rings (SSSR count). The molecule has 1 aliphatic rings. The van der Waals surface area contributed by atoms with Crippen molar-refractivity contribution < 1.29 is 24.1 Å². The highest BCUT2D eigenvalue weighted by molar-refractivity contribution is 5.84. The van der Waals surface area contributed by atoms with Gasteiger partial charge in [0.15, 0.2) is 6.29 Å². The lowest BCUT2D eigenvalue weighted by Crippen LogP contribution is -2.39. The minimum Gasteiger partial charge on any atom is -0.445 e. The van der Waals surface area contributed by atoms with Crippen LogP contribution in [0.5, 0.6) is 0 Å². The third-order valence-electron chi connectivity index (χ3n) is 7.31. The Bertz CT molecular complexity index is 1400. The first-order valence-electron chi connectivity index (χ1n) is 14.5. The molecule has 4 aromatic carbocycles. The van der Waals surface area contributed by atoms with Gasteiger partial charge in [-0.15, -0.1) is 0 Å². The molecule has 43 heavy (non-hydrogen) atoms. The molecule has 1 aliphatic heterocycles. The van der Waals surface area contributed by atoms with Gasteiger partial charge in [-0.3, -0.25) is 10.2 Å². The Balaban J connectivity index is 1.39. The molecule has 4 aromatic rings. The van der Waals surface area contributed by atoms with Crippen LogP contribution < -0.4 is 5.32 Å². The smallest absolute Gasteiger partial charge is 0.411 e. The molecule has 7 nitrogen and oxygen atoms in total. The van der Waals surface area contributed by atoms with E-state index in [1.165, 1.54) is 17.2 Å². The second kappa shape index (κ2) is 15.3. The fourth-order valence-electron chi connectivity index (χ4n) is 5.24. The largest absolute Gasteiger partial charge is 0.445 e. The molecule has 1 amide bonds. The number of carbonyl (C=O) groups excluding carboxylic acids is 1. The zero-order valence-corrected chi connectivity index (χ0v) is 24.2. The number of aliphatic hydroxyl groups excluding tert-OH is 1. The molecular weight excluding hydrogens is 540 g/mol. The number of nitrogens with zero attached hydrogens (tertiary/aromatic N) is 1. The Morgan fingerprint density at radius 3 is 2.16 bits per heavy atom. The maximum Gasteiger partial charge on any atom is 0.411 e. The van der Waals surface area contributed by atoms with Crippen molar-refractivity contribution in [1.29, 1.82) is 0 Å². The number of hydrogen-bond acceptors (Lipinski definition) is 6. The molecule has 0 saturated carbocycles. The Hall–Kier alpha value is -4.27. The maximum absolute atomic E-state index is 12.2. The highest BCUT2D eigenvalue weighted by Crippen LogP contribution is 2.39. The summed E-state index contributed by atoms with van der Waals surface area (Å²) in [4.78, 5) is 14.6. The van der Waals surface area contributed by atoms with Crippen molar-refractivity contribution in [3.05, 3.63) is 150 Å². The van der Waals surface area contributed by atoms with Gasteiger partial charge in [-0.2, -0.15) is 0 Å². The van der Waals surface area contributed by atoms with Crippen LogP contribution in [0.1, 0.15) is 46.6 Å². The monoisotopic (exact) mass is 578 g/mol. The predicted molar refractivity (Wildman–Crippen MR) is 167 cm³/mol. The summed E-state index contributed by atoms with van der Waals surface area (Å²) in [5.41, 5.74) is 5.72. The van der Waals surface area contributed by atoms with Crippen molar-refractivity contribution in [1.82, 2.24) is 4.90 Å². The van der Waals surface area contributed by atoms with E-state index in [2.05, 4.69) is 65.3 Å². The van der Waals surface area contributed by atoms with Gasteiger partial charge in [0.1, 0.15) is 6.61 Å². The van der Waals surface area contributed by atoms with Crippen LogP contribution in [-0.4, -0.2) is 35.4 Å². The number of rotatable bonds is 12. The van der Waals surface area contributed by atoms with Crippen LogP contribution in [0.2, 0.25) is 0 Å². The quantitative estimate of drug-likeness (QED) is 0.174. The average molecular weight is 579 g/mol. The zero-order chi connectivity index (χ0) is 29.9. The Labute approximate surface area is 253 Å². The first-order chi connectivity index (χ1) is 21.1. The van der Waals surface area contributed by atoms with Gasteiger partial charge in [-0.05, 0) is 34.4 Å². The second-order valence-corrected chi connectivity index (χ2v) is 10.6. The lowest BCUT2D eigenvalue weighted by Gasteiger charge is -2.38. The van der Waals surface area contributed by atoms with E-state index in [1.807, 2.05) is 54.6 Å². The molecule has 0 unspecified atom stereocenters. The summed E-state index contributed by atoms with van der Waals surface area (Å²) in [6, 6.07) is 36.2. The normalized spacial score (nSPS) is 18.2. The topological polar surface area (TPSA) is 80.3 Å². The van der Waals surface area contributed by atoms with Crippen LogP contribution in [0, 0.1) is 0 Å². The number of anilines is 1. The highest BCUT2D eigenvalue weighted by atomic mass is 16.7. The van der Waals surface area contributed by atoms with E-state index < -0.39 is 12.4 Å². The summed E-state index contributed by atoms with van der Waals surface area (Å²) in [5.74, 6) is 0. The molecule has 2 N–H and O–H groups in total. The van der Waals surface area contributed by atoms with E-state index in [0.717, 1.165) is 29.8 Å². The second-order valence-electron chi connectivity index (χ2n) is 10.6. The van der Waals surface area contributed by atoms with Crippen LogP contribution in [0.4, 0.5) is 10.5 Å². The minimum absolute atomic E-state index is 0.0108.